The van der Waals surface area contributed by atoms with E-state index in [0.29, 0.717) is 22.2 Å². The number of carbonyl (C=O) groups excluding carboxylic acids is 1. The van der Waals surface area contributed by atoms with E-state index in [4.69, 9.17) is 10.5 Å². The summed E-state index contributed by atoms with van der Waals surface area (Å²) in [6, 6.07) is 5.68. The van der Waals surface area contributed by atoms with Crippen LogP contribution in [0, 0.1) is 11.6 Å². The van der Waals surface area contributed by atoms with Crippen molar-refractivity contribution in [1.29, 1.82) is 0 Å². The number of benzene rings is 1. The van der Waals surface area contributed by atoms with Gasteiger partial charge < -0.3 is 15.6 Å². The summed E-state index contributed by atoms with van der Waals surface area (Å²) in [5.41, 5.74) is 5.79. The van der Waals surface area contributed by atoms with Gasteiger partial charge in [-0.3, -0.25) is 4.79 Å². The highest BCUT2D eigenvalue weighted by Gasteiger charge is 2.17. The zero-order chi connectivity index (χ0) is 19.3. The second-order valence-electron chi connectivity index (χ2n) is 5.62. The number of aromatic nitrogens is 1. The fourth-order valence-electron chi connectivity index (χ4n) is 2.13. The Hall–Kier alpha value is -2.61. The lowest BCUT2D eigenvalue weighted by molar-refractivity contribution is -0.113. The van der Waals surface area contributed by atoms with Crippen molar-refractivity contribution >= 4 is 17.7 Å². The maximum Gasteiger partial charge on any atom is 0.244 e. The van der Waals surface area contributed by atoms with Crippen molar-refractivity contribution in [3.8, 4) is 16.9 Å². The normalized spacial score (nSPS) is 11.7. The van der Waals surface area contributed by atoms with Crippen LogP contribution in [0.5, 0.6) is 5.75 Å². The minimum Gasteiger partial charge on any atom is -0.508 e. The molecule has 0 aliphatic heterocycles. The molecule has 26 heavy (non-hydrogen) atoms. The van der Waals surface area contributed by atoms with Crippen molar-refractivity contribution in [2.45, 2.75) is 24.1 Å². The quantitative estimate of drug-likeness (QED) is 0.433. The third kappa shape index (κ3) is 5.19. The number of carbonyl (C=O) groups is 1. The molecular formula is C18H18F2N2O3S. The SMILES string of the molecule is CC(C)Sc1ncccc1-c1cc(F)c(OC/C(O)=C/C(N)=O)c(F)c1. The zero-order valence-corrected chi connectivity index (χ0v) is 15.0. The zero-order valence-electron chi connectivity index (χ0n) is 14.2. The summed E-state index contributed by atoms with van der Waals surface area (Å²) in [5.74, 6) is -3.95. The van der Waals surface area contributed by atoms with Gasteiger partial charge in [-0.05, 0) is 23.8 Å². The highest BCUT2D eigenvalue weighted by atomic mass is 32.2. The van der Waals surface area contributed by atoms with Crippen molar-refractivity contribution in [3.05, 3.63) is 53.9 Å². The number of aliphatic hydroxyl groups excluding tert-OH is 1. The molecule has 0 unspecified atom stereocenters. The lowest BCUT2D eigenvalue weighted by atomic mass is 10.1. The maximum absolute atomic E-state index is 14.3. The Labute approximate surface area is 153 Å². The first kappa shape index (κ1) is 19.7. The molecule has 2 aromatic rings. The number of rotatable bonds is 7. The molecule has 5 nitrogen and oxygen atoms in total. The maximum atomic E-state index is 14.3. The lowest BCUT2D eigenvalue weighted by Crippen LogP contribution is -2.11. The number of ether oxygens (including phenoxy) is 1. The predicted octanol–water partition coefficient (Wildman–Crippen LogP) is 3.83. The monoisotopic (exact) mass is 380 g/mol. The summed E-state index contributed by atoms with van der Waals surface area (Å²) in [6.45, 7) is 3.40. The van der Waals surface area contributed by atoms with Crippen LogP contribution in [0.4, 0.5) is 8.78 Å². The number of hydrogen-bond acceptors (Lipinski definition) is 5. The van der Waals surface area contributed by atoms with Gasteiger partial charge in [0.2, 0.25) is 5.91 Å². The van der Waals surface area contributed by atoms with Gasteiger partial charge in [0.15, 0.2) is 17.4 Å². The van der Waals surface area contributed by atoms with Crippen LogP contribution in [0.25, 0.3) is 11.1 Å². The molecule has 138 valence electrons. The van der Waals surface area contributed by atoms with Crippen LogP contribution in [0.1, 0.15) is 13.8 Å². The summed E-state index contributed by atoms with van der Waals surface area (Å²) < 4.78 is 33.6. The Morgan fingerprint density at radius 2 is 2.04 bits per heavy atom. The minimum absolute atomic E-state index is 0.251. The van der Waals surface area contributed by atoms with Crippen LogP contribution >= 0.6 is 11.8 Å². The van der Waals surface area contributed by atoms with Crippen LogP contribution in [-0.4, -0.2) is 27.9 Å². The average molecular weight is 380 g/mol. The molecule has 0 radical (unpaired) electrons. The fourth-order valence-corrected chi connectivity index (χ4v) is 3.01. The number of nitrogens with zero attached hydrogens (tertiary/aromatic N) is 1. The van der Waals surface area contributed by atoms with Crippen molar-refractivity contribution < 1.29 is 23.4 Å². The third-order valence-corrected chi connectivity index (χ3v) is 4.12. The summed E-state index contributed by atoms with van der Waals surface area (Å²) in [5, 5.41) is 10.3. The number of hydrogen-bond donors (Lipinski definition) is 2. The molecule has 8 heteroatoms. The molecule has 0 saturated carbocycles. The van der Waals surface area contributed by atoms with E-state index >= 15 is 0 Å². The first-order valence-corrected chi connectivity index (χ1v) is 8.58. The Kier molecular flexibility index (Phi) is 6.57. The summed E-state index contributed by atoms with van der Waals surface area (Å²) in [6.07, 6.45) is 2.32. The van der Waals surface area contributed by atoms with Crippen LogP contribution < -0.4 is 10.5 Å². The van der Waals surface area contributed by atoms with Gasteiger partial charge in [-0.2, -0.15) is 0 Å². The number of nitrogens with two attached hydrogens (primary N) is 1. The Balaban J connectivity index is 2.31. The minimum atomic E-state index is -0.934. The number of amides is 1. The van der Waals surface area contributed by atoms with Crippen molar-refractivity contribution in [1.82, 2.24) is 4.98 Å². The Morgan fingerprint density at radius 1 is 1.38 bits per heavy atom. The van der Waals surface area contributed by atoms with E-state index in [1.807, 2.05) is 13.8 Å². The van der Waals surface area contributed by atoms with Gasteiger partial charge in [-0.15, -0.1) is 11.8 Å². The molecule has 1 heterocycles. The largest absolute Gasteiger partial charge is 0.508 e. The second-order valence-corrected chi connectivity index (χ2v) is 7.18. The van der Waals surface area contributed by atoms with Gasteiger partial charge in [-0.1, -0.05) is 19.9 Å². The molecule has 3 N–H and O–H groups in total. The molecule has 0 fully saturated rings. The first-order valence-electron chi connectivity index (χ1n) is 7.70. The third-order valence-electron chi connectivity index (χ3n) is 3.10. The molecule has 1 aromatic heterocycles. The molecule has 0 spiro atoms. The molecule has 1 aromatic carbocycles. The van der Waals surface area contributed by atoms with E-state index in [9.17, 15) is 18.7 Å². The van der Waals surface area contributed by atoms with Gasteiger partial charge in [0.05, 0.1) is 0 Å². The average Bonchev–Trinajstić information content (AvgIpc) is 2.53. The molecular weight excluding hydrogens is 362 g/mol. The number of thioether (sulfide) groups is 1. The molecule has 0 bridgehead atoms. The summed E-state index contributed by atoms with van der Waals surface area (Å²) in [4.78, 5) is 14.9. The van der Waals surface area contributed by atoms with Gasteiger partial charge in [-0.25, -0.2) is 13.8 Å². The summed E-state index contributed by atoms with van der Waals surface area (Å²) in [7, 11) is 0. The highest BCUT2D eigenvalue weighted by molar-refractivity contribution is 7.99. The predicted molar refractivity (Wildman–Crippen MR) is 96.0 cm³/mol. The molecule has 0 aliphatic carbocycles. The number of pyridine rings is 1. The van der Waals surface area contributed by atoms with Gasteiger partial charge in [0.25, 0.3) is 0 Å². The molecule has 0 saturated heterocycles. The first-order chi connectivity index (χ1) is 12.3. The number of primary amides is 1. The fraction of sp³-hybridized carbons (Fsp3) is 0.222. The number of aliphatic hydroxyl groups is 1. The Morgan fingerprint density at radius 3 is 2.62 bits per heavy atom. The van der Waals surface area contributed by atoms with Crippen LogP contribution in [-0.2, 0) is 4.79 Å². The van der Waals surface area contributed by atoms with Crippen molar-refractivity contribution in [3.63, 3.8) is 0 Å². The van der Waals surface area contributed by atoms with E-state index in [1.165, 1.54) is 11.8 Å². The van der Waals surface area contributed by atoms with Crippen LogP contribution in [0.2, 0.25) is 0 Å². The van der Waals surface area contributed by atoms with E-state index in [-0.39, 0.29) is 5.25 Å². The summed E-state index contributed by atoms with van der Waals surface area (Å²) >= 11 is 1.48. The molecule has 2 rings (SSSR count). The van der Waals surface area contributed by atoms with Crippen molar-refractivity contribution in [2.24, 2.45) is 5.73 Å². The van der Waals surface area contributed by atoms with E-state index in [1.54, 1.807) is 18.3 Å². The lowest BCUT2D eigenvalue weighted by Gasteiger charge is -2.13. The molecule has 0 atom stereocenters. The van der Waals surface area contributed by atoms with Crippen molar-refractivity contribution in [2.75, 3.05) is 6.61 Å². The Bertz CT molecular complexity index is 818. The van der Waals surface area contributed by atoms with Gasteiger partial charge in [0, 0.05) is 23.1 Å². The van der Waals surface area contributed by atoms with E-state index < -0.39 is 35.7 Å². The molecule has 1 amide bonds. The van der Waals surface area contributed by atoms with E-state index in [0.717, 1.165) is 12.1 Å². The smallest absolute Gasteiger partial charge is 0.244 e. The topological polar surface area (TPSA) is 85.4 Å². The highest BCUT2D eigenvalue weighted by Crippen LogP contribution is 2.35. The van der Waals surface area contributed by atoms with Gasteiger partial charge >= 0.3 is 0 Å². The van der Waals surface area contributed by atoms with E-state index in [2.05, 4.69) is 4.98 Å². The standard InChI is InChI=1S/C18H18F2N2O3S/c1-10(2)26-18-13(4-3-5-22-18)11-6-14(19)17(15(20)7-11)25-9-12(23)8-16(21)24/h3-8,10,23H,9H2,1-2H3,(H2,21,24)/b12-8-. The molecule has 0 aliphatic rings. The van der Waals surface area contributed by atoms with Gasteiger partial charge in [0.1, 0.15) is 17.4 Å². The number of halogens is 2. The van der Waals surface area contributed by atoms with Crippen LogP contribution in [0.3, 0.4) is 0 Å². The second kappa shape index (κ2) is 8.66. The van der Waals surface area contributed by atoms with Crippen LogP contribution in [0.15, 0.2) is 47.3 Å².